The summed E-state index contributed by atoms with van der Waals surface area (Å²) in [6.45, 7) is 2.35. The van der Waals surface area contributed by atoms with E-state index in [-0.39, 0.29) is 11.5 Å². The molecule has 0 bridgehead atoms. The summed E-state index contributed by atoms with van der Waals surface area (Å²) >= 11 is 0. The lowest BCUT2D eigenvalue weighted by Gasteiger charge is -2.09. The number of benzene rings is 2. The topological polar surface area (TPSA) is 92.5 Å². The lowest BCUT2D eigenvalue weighted by molar-refractivity contribution is 0.0467. The lowest BCUT2D eigenvalue weighted by Crippen LogP contribution is -2.15. The second-order valence-electron chi connectivity index (χ2n) is 6.47. The third kappa shape index (κ3) is 4.11. The molecule has 0 N–H and O–H groups in total. The Morgan fingerprint density at radius 2 is 1.79 bits per heavy atom. The van der Waals surface area contributed by atoms with Crippen molar-refractivity contribution in [3.05, 3.63) is 65.5 Å². The molecule has 0 spiro atoms. The number of ether oxygens (including phenoxy) is 3. The molecular weight excluding hydrogens is 374 g/mol. The number of aryl methyl sites for hydroxylation is 1. The van der Waals surface area contributed by atoms with Gasteiger partial charge in [-0.25, -0.2) is 4.79 Å². The highest BCUT2D eigenvalue weighted by atomic mass is 16.5. The number of ketones is 1. The molecule has 0 fully saturated rings. The predicted octanol–water partition coefficient (Wildman–Crippen LogP) is 2.78. The van der Waals surface area contributed by atoms with Crippen molar-refractivity contribution in [2.75, 3.05) is 19.8 Å². The smallest absolute Gasteiger partial charge is 0.361 e. The number of rotatable bonds is 5. The molecule has 2 aromatic carbocycles. The van der Waals surface area contributed by atoms with Crippen molar-refractivity contribution in [3.63, 3.8) is 0 Å². The maximum Gasteiger partial charge on any atom is 0.361 e. The van der Waals surface area contributed by atoms with Crippen molar-refractivity contribution >= 4 is 11.8 Å². The highest BCUT2D eigenvalue weighted by Gasteiger charge is 2.20. The van der Waals surface area contributed by atoms with Crippen molar-refractivity contribution < 1.29 is 23.8 Å². The van der Waals surface area contributed by atoms with Crippen LogP contribution in [0.25, 0.3) is 5.69 Å². The first-order chi connectivity index (χ1) is 14.1. The summed E-state index contributed by atoms with van der Waals surface area (Å²) in [5, 5.41) is 8.42. The standard InChI is InChI=1S/C21H19N3O5/c1-14-20(23-24(22-14)16-6-3-2-4-7-16)21(26)29-13-17(25)15-8-9-18-19(12-15)28-11-5-10-27-18/h2-4,6-9,12H,5,10-11,13H2,1H3. The Bertz CT molecular complexity index is 1050. The second-order valence-corrected chi connectivity index (χ2v) is 6.47. The summed E-state index contributed by atoms with van der Waals surface area (Å²) in [4.78, 5) is 26.2. The molecule has 0 unspecified atom stereocenters. The maximum atomic E-state index is 12.4. The fourth-order valence-corrected chi connectivity index (χ4v) is 2.86. The number of nitrogens with zero attached hydrogens (tertiary/aromatic N) is 3. The van der Waals surface area contributed by atoms with E-state index < -0.39 is 12.6 Å². The Morgan fingerprint density at radius 1 is 1.03 bits per heavy atom. The molecule has 2 heterocycles. The van der Waals surface area contributed by atoms with Crippen LogP contribution >= 0.6 is 0 Å². The van der Waals surface area contributed by atoms with Crippen molar-refractivity contribution in [1.82, 2.24) is 15.0 Å². The van der Waals surface area contributed by atoms with Crippen LogP contribution in [0.15, 0.2) is 48.5 Å². The molecule has 0 aliphatic carbocycles. The molecule has 0 amide bonds. The quantitative estimate of drug-likeness (QED) is 0.486. The first-order valence-electron chi connectivity index (χ1n) is 9.21. The van der Waals surface area contributed by atoms with E-state index in [1.54, 1.807) is 25.1 Å². The number of hydrogen-bond acceptors (Lipinski definition) is 7. The summed E-state index contributed by atoms with van der Waals surface area (Å²) in [5.74, 6) is 0.0694. The highest BCUT2D eigenvalue weighted by molar-refractivity contribution is 5.99. The van der Waals surface area contributed by atoms with E-state index in [2.05, 4.69) is 10.2 Å². The van der Waals surface area contributed by atoms with Crippen LogP contribution in [-0.4, -0.2) is 46.6 Å². The number of Topliss-reactive ketones (excluding diaryl/α,β-unsaturated/α-hetero) is 1. The van der Waals surface area contributed by atoms with Gasteiger partial charge in [0.05, 0.1) is 24.6 Å². The van der Waals surface area contributed by atoms with Crippen molar-refractivity contribution in [3.8, 4) is 17.2 Å². The minimum Gasteiger partial charge on any atom is -0.490 e. The Kier molecular flexibility index (Phi) is 5.24. The summed E-state index contributed by atoms with van der Waals surface area (Å²) in [7, 11) is 0. The van der Waals surface area contributed by atoms with Crippen molar-refractivity contribution in [2.45, 2.75) is 13.3 Å². The molecule has 8 nitrogen and oxygen atoms in total. The van der Waals surface area contributed by atoms with E-state index in [1.165, 1.54) is 4.80 Å². The van der Waals surface area contributed by atoms with Crippen molar-refractivity contribution in [2.24, 2.45) is 0 Å². The number of hydrogen-bond donors (Lipinski definition) is 0. The molecule has 0 radical (unpaired) electrons. The SMILES string of the molecule is Cc1nn(-c2ccccc2)nc1C(=O)OCC(=O)c1ccc2c(c1)OCCCO2. The van der Waals surface area contributed by atoms with Gasteiger partial charge in [-0.15, -0.1) is 5.10 Å². The zero-order valence-corrected chi connectivity index (χ0v) is 15.8. The summed E-state index contributed by atoms with van der Waals surface area (Å²) in [6.07, 6.45) is 0.776. The van der Waals surface area contributed by atoms with Crippen LogP contribution in [0.2, 0.25) is 0 Å². The third-order valence-electron chi connectivity index (χ3n) is 4.37. The molecule has 4 rings (SSSR count). The van der Waals surface area contributed by atoms with Crippen LogP contribution in [0, 0.1) is 6.92 Å². The van der Waals surface area contributed by atoms with E-state index in [4.69, 9.17) is 14.2 Å². The van der Waals surface area contributed by atoms with Crippen molar-refractivity contribution in [1.29, 1.82) is 0 Å². The zero-order chi connectivity index (χ0) is 20.2. The Morgan fingerprint density at radius 3 is 2.59 bits per heavy atom. The largest absolute Gasteiger partial charge is 0.490 e. The molecular formula is C21H19N3O5. The monoisotopic (exact) mass is 393 g/mol. The normalized spacial score (nSPS) is 12.9. The molecule has 3 aromatic rings. The van der Waals surface area contributed by atoms with Crippen LogP contribution in [0.4, 0.5) is 0 Å². The van der Waals surface area contributed by atoms with Gasteiger partial charge in [0.15, 0.2) is 29.6 Å². The number of carbonyl (C=O) groups is 2. The van der Waals surface area contributed by atoms with Crippen LogP contribution in [0.3, 0.4) is 0 Å². The summed E-state index contributed by atoms with van der Waals surface area (Å²) < 4.78 is 16.3. The molecule has 148 valence electrons. The molecule has 0 saturated carbocycles. The van der Waals surface area contributed by atoms with Gasteiger partial charge in [-0.2, -0.15) is 9.90 Å². The first-order valence-corrected chi connectivity index (χ1v) is 9.21. The van der Waals surface area contributed by atoms with E-state index in [0.717, 1.165) is 12.1 Å². The van der Waals surface area contributed by atoms with Crippen LogP contribution in [-0.2, 0) is 4.74 Å². The fourth-order valence-electron chi connectivity index (χ4n) is 2.86. The molecule has 1 aromatic heterocycles. The Balaban J connectivity index is 1.43. The fraction of sp³-hybridized carbons (Fsp3) is 0.238. The van der Waals surface area contributed by atoms with Crippen LogP contribution in [0.1, 0.15) is 33.0 Å². The average molecular weight is 393 g/mol. The zero-order valence-electron chi connectivity index (χ0n) is 15.8. The number of carbonyl (C=O) groups excluding carboxylic acids is 2. The van der Waals surface area contributed by atoms with Gasteiger partial charge >= 0.3 is 5.97 Å². The van der Waals surface area contributed by atoms with Gasteiger partial charge in [-0.3, -0.25) is 4.79 Å². The Hall–Kier alpha value is -3.68. The van der Waals surface area contributed by atoms with Gasteiger partial charge < -0.3 is 14.2 Å². The first kappa shape index (κ1) is 18.7. The predicted molar refractivity (Wildman–Crippen MR) is 103 cm³/mol. The summed E-state index contributed by atoms with van der Waals surface area (Å²) in [5.41, 5.74) is 1.59. The third-order valence-corrected chi connectivity index (χ3v) is 4.37. The lowest BCUT2D eigenvalue weighted by atomic mass is 10.1. The molecule has 1 aliphatic rings. The molecule has 29 heavy (non-hydrogen) atoms. The average Bonchev–Trinajstić information content (AvgIpc) is 2.99. The number of aromatic nitrogens is 3. The molecule has 1 aliphatic heterocycles. The van der Waals surface area contributed by atoms with Gasteiger partial charge in [0.25, 0.3) is 0 Å². The molecule has 0 saturated heterocycles. The number of esters is 1. The van der Waals surface area contributed by atoms with E-state index in [0.29, 0.717) is 36.0 Å². The Labute approximate surface area is 167 Å². The van der Waals surface area contributed by atoms with Gasteiger partial charge in [0, 0.05) is 12.0 Å². The van der Waals surface area contributed by atoms with E-state index in [1.807, 2.05) is 30.3 Å². The number of para-hydroxylation sites is 1. The number of fused-ring (bicyclic) bond motifs is 1. The van der Waals surface area contributed by atoms with Gasteiger partial charge in [0.2, 0.25) is 0 Å². The van der Waals surface area contributed by atoms with Gasteiger partial charge in [-0.05, 0) is 37.3 Å². The second kappa shape index (κ2) is 8.14. The van der Waals surface area contributed by atoms with E-state index >= 15 is 0 Å². The van der Waals surface area contributed by atoms with Gasteiger partial charge in [-0.1, -0.05) is 18.2 Å². The highest BCUT2D eigenvalue weighted by Crippen LogP contribution is 2.30. The molecule has 8 heteroatoms. The van der Waals surface area contributed by atoms with E-state index in [9.17, 15) is 9.59 Å². The summed E-state index contributed by atoms with van der Waals surface area (Å²) in [6, 6.07) is 14.1. The van der Waals surface area contributed by atoms with Crippen LogP contribution < -0.4 is 9.47 Å². The maximum absolute atomic E-state index is 12.4. The van der Waals surface area contributed by atoms with Crippen LogP contribution in [0.5, 0.6) is 11.5 Å². The minimum atomic E-state index is -0.702. The molecule has 0 atom stereocenters. The van der Waals surface area contributed by atoms with Gasteiger partial charge in [0.1, 0.15) is 0 Å². The minimum absolute atomic E-state index is 0.0697.